The topological polar surface area (TPSA) is 56.5 Å². The van der Waals surface area contributed by atoms with Crippen LogP contribution in [0.2, 0.25) is 0 Å². The molecule has 0 amide bonds. The van der Waals surface area contributed by atoms with Gasteiger partial charge in [0.1, 0.15) is 11.5 Å². The molecule has 1 aromatic rings. The molecule has 1 unspecified atom stereocenters. The molecular formula is C14H24N2O2. The molecule has 4 heteroatoms. The van der Waals surface area contributed by atoms with Crippen molar-refractivity contribution in [1.82, 2.24) is 0 Å². The van der Waals surface area contributed by atoms with Crippen molar-refractivity contribution in [3.05, 3.63) is 18.2 Å². The van der Waals surface area contributed by atoms with Crippen molar-refractivity contribution < 1.29 is 9.47 Å². The van der Waals surface area contributed by atoms with Crippen LogP contribution in [-0.4, -0.2) is 27.3 Å². The van der Waals surface area contributed by atoms with Crippen LogP contribution in [0.3, 0.4) is 0 Å². The first-order chi connectivity index (χ1) is 8.62. The van der Waals surface area contributed by atoms with E-state index in [1.807, 2.05) is 18.2 Å². The first-order valence-electron chi connectivity index (χ1n) is 6.28. The van der Waals surface area contributed by atoms with Crippen molar-refractivity contribution >= 4 is 5.69 Å². The first-order valence-corrected chi connectivity index (χ1v) is 6.28. The summed E-state index contributed by atoms with van der Waals surface area (Å²) in [7, 11) is 3.32. The molecule has 0 saturated heterocycles. The third kappa shape index (κ3) is 3.81. The van der Waals surface area contributed by atoms with Gasteiger partial charge >= 0.3 is 0 Å². The van der Waals surface area contributed by atoms with Crippen LogP contribution in [0.25, 0.3) is 0 Å². The number of hydrogen-bond acceptors (Lipinski definition) is 4. The van der Waals surface area contributed by atoms with E-state index in [0.717, 1.165) is 23.7 Å². The Balaban J connectivity index is 2.75. The Bertz CT molecular complexity index is 367. The molecular weight excluding hydrogens is 228 g/mol. The molecule has 3 N–H and O–H groups in total. The maximum atomic E-state index is 5.77. The summed E-state index contributed by atoms with van der Waals surface area (Å²) in [6.07, 6.45) is 0. The summed E-state index contributed by atoms with van der Waals surface area (Å²) in [5, 5.41) is 3.39. The molecule has 1 atom stereocenters. The van der Waals surface area contributed by atoms with Gasteiger partial charge in [0, 0.05) is 12.6 Å². The van der Waals surface area contributed by atoms with Gasteiger partial charge in [0.25, 0.3) is 0 Å². The molecule has 0 aromatic heterocycles. The predicted octanol–water partition coefficient (Wildman–Crippen LogP) is 2.35. The van der Waals surface area contributed by atoms with Crippen LogP contribution in [0, 0.1) is 11.8 Å². The van der Waals surface area contributed by atoms with Gasteiger partial charge in [0.05, 0.1) is 19.9 Å². The highest BCUT2D eigenvalue weighted by Crippen LogP contribution is 2.29. The number of benzene rings is 1. The van der Waals surface area contributed by atoms with Crippen LogP contribution in [-0.2, 0) is 0 Å². The summed E-state index contributed by atoms with van der Waals surface area (Å²) in [6, 6.07) is 5.72. The summed E-state index contributed by atoms with van der Waals surface area (Å²) in [6.45, 7) is 5.87. The van der Waals surface area contributed by atoms with Crippen molar-refractivity contribution in [3.63, 3.8) is 0 Å². The fourth-order valence-corrected chi connectivity index (χ4v) is 1.78. The molecule has 0 aliphatic heterocycles. The van der Waals surface area contributed by atoms with Gasteiger partial charge in [-0.15, -0.1) is 0 Å². The lowest BCUT2D eigenvalue weighted by Gasteiger charge is -2.21. The Morgan fingerprint density at radius 1 is 1.22 bits per heavy atom. The zero-order valence-electron chi connectivity index (χ0n) is 11.7. The highest BCUT2D eigenvalue weighted by Gasteiger charge is 2.12. The Morgan fingerprint density at radius 3 is 2.44 bits per heavy atom. The van der Waals surface area contributed by atoms with E-state index in [9.17, 15) is 0 Å². The van der Waals surface area contributed by atoms with E-state index in [1.54, 1.807) is 14.2 Å². The lowest BCUT2D eigenvalue weighted by molar-refractivity contribution is 0.399. The van der Waals surface area contributed by atoms with Gasteiger partial charge in [-0.3, -0.25) is 0 Å². The normalized spacial score (nSPS) is 12.3. The maximum absolute atomic E-state index is 5.77. The number of nitrogens with one attached hydrogen (secondary N) is 1. The lowest BCUT2D eigenvalue weighted by atomic mass is 9.96. The fourth-order valence-electron chi connectivity index (χ4n) is 1.78. The number of anilines is 1. The molecule has 0 aliphatic carbocycles. The van der Waals surface area contributed by atoms with Gasteiger partial charge in [-0.2, -0.15) is 0 Å². The second kappa shape index (κ2) is 7.11. The Kier molecular flexibility index (Phi) is 5.78. The first kappa shape index (κ1) is 14.6. The maximum Gasteiger partial charge on any atom is 0.142 e. The molecule has 0 fully saturated rings. The zero-order chi connectivity index (χ0) is 13.5. The molecule has 0 aliphatic rings. The zero-order valence-corrected chi connectivity index (χ0v) is 11.7. The molecule has 4 nitrogen and oxygen atoms in total. The molecule has 1 aromatic carbocycles. The minimum Gasteiger partial charge on any atom is -0.497 e. The van der Waals surface area contributed by atoms with Gasteiger partial charge in [-0.05, 0) is 30.5 Å². The number of nitrogens with two attached hydrogens (primary N) is 1. The van der Waals surface area contributed by atoms with Crippen molar-refractivity contribution in [2.45, 2.75) is 13.8 Å². The third-order valence-electron chi connectivity index (χ3n) is 3.21. The molecule has 18 heavy (non-hydrogen) atoms. The van der Waals surface area contributed by atoms with Gasteiger partial charge in [0.15, 0.2) is 0 Å². The van der Waals surface area contributed by atoms with Crippen LogP contribution in [0.1, 0.15) is 13.8 Å². The van der Waals surface area contributed by atoms with Crippen LogP contribution in [0.5, 0.6) is 11.5 Å². The summed E-state index contributed by atoms with van der Waals surface area (Å²) < 4.78 is 10.5. The van der Waals surface area contributed by atoms with E-state index in [2.05, 4.69) is 19.2 Å². The van der Waals surface area contributed by atoms with Crippen LogP contribution in [0.4, 0.5) is 5.69 Å². The molecule has 0 radical (unpaired) electrons. The summed E-state index contributed by atoms with van der Waals surface area (Å²) in [5.41, 5.74) is 6.71. The fraction of sp³-hybridized carbons (Fsp3) is 0.571. The SMILES string of the molecule is COc1ccc(OC)c(NCC(CN)C(C)C)c1. The molecule has 0 saturated carbocycles. The summed E-state index contributed by atoms with van der Waals surface area (Å²) in [5.74, 6) is 2.63. The van der Waals surface area contributed by atoms with E-state index in [-0.39, 0.29) is 0 Å². The monoisotopic (exact) mass is 252 g/mol. The largest absolute Gasteiger partial charge is 0.497 e. The van der Waals surface area contributed by atoms with E-state index in [0.29, 0.717) is 18.4 Å². The number of methoxy groups -OCH3 is 2. The van der Waals surface area contributed by atoms with Crippen LogP contribution in [0.15, 0.2) is 18.2 Å². The minimum absolute atomic E-state index is 0.445. The van der Waals surface area contributed by atoms with Crippen molar-refractivity contribution in [3.8, 4) is 11.5 Å². The summed E-state index contributed by atoms with van der Waals surface area (Å²) in [4.78, 5) is 0. The third-order valence-corrected chi connectivity index (χ3v) is 3.21. The Hall–Kier alpha value is -1.42. The van der Waals surface area contributed by atoms with Gasteiger partial charge in [-0.25, -0.2) is 0 Å². The minimum atomic E-state index is 0.445. The number of ether oxygens (including phenoxy) is 2. The highest BCUT2D eigenvalue weighted by molar-refractivity contribution is 5.59. The molecule has 1 rings (SSSR count). The smallest absolute Gasteiger partial charge is 0.142 e. The van der Waals surface area contributed by atoms with Crippen molar-refractivity contribution in [2.75, 3.05) is 32.6 Å². The Labute approximate surface area is 109 Å². The van der Waals surface area contributed by atoms with E-state index < -0.39 is 0 Å². The van der Waals surface area contributed by atoms with E-state index in [4.69, 9.17) is 15.2 Å². The predicted molar refractivity (Wildman–Crippen MR) is 75.4 cm³/mol. The van der Waals surface area contributed by atoms with Crippen molar-refractivity contribution in [2.24, 2.45) is 17.6 Å². The average Bonchev–Trinajstić information content (AvgIpc) is 2.38. The average molecular weight is 252 g/mol. The molecule has 102 valence electrons. The van der Waals surface area contributed by atoms with Crippen molar-refractivity contribution in [1.29, 1.82) is 0 Å². The van der Waals surface area contributed by atoms with E-state index in [1.165, 1.54) is 0 Å². The molecule has 0 bridgehead atoms. The van der Waals surface area contributed by atoms with Gasteiger partial charge in [-0.1, -0.05) is 13.8 Å². The highest BCUT2D eigenvalue weighted by atomic mass is 16.5. The number of rotatable bonds is 7. The van der Waals surface area contributed by atoms with Gasteiger partial charge in [0.2, 0.25) is 0 Å². The quantitative estimate of drug-likeness (QED) is 0.782. The standard InChI is InChI=1S/C14H24N2O2/c1-10(2)11(8-15)9-16-13-7-12(17-3)5-6-14(13)18-4/h5-7,10-11,16H,8-9,15H2,1-4H3. The lowest BCUT2D eigenvalue weighted by Crippen LogP contribution is -2.27. The summed E-state index contributed by atoms with van der Waals surface area (Å²) >= 11 is 0. The number of hydrogen-bond donors (Lipinski definition) is 2. The second-order valence-corrected chi connectivity index (χ2v) is 4.69. The van der Waals surface area contributed by atoms with Crippen LogP contribution >= 0.6 is 0 Å². The second-order valence-electron chi connectivity index (χ2n) is 4.69. The Morgan fingerprint density at radius 2 is 1.94 bits per heavy atom. The molecule has 0 heterocycles. The molecule has 0 spiro atoms. The van der Waals surface area contributed by atoms with Gasteiger partial charge < -0.3 is 20.5 Å². The van der Waals surface area contributed by atoms with Crippen LogP contribution < -0.4 is 20.5 Å². The van der Waals surface area contributed by atoms with E-state index >= 15 is 0 Å².